The zero-order valence-electron chi connectivity index (χ0n) is 11.8. The van der Waals surface area contributed by atoms with Crippen LogP contribution in [0.3, 0.4) is 0 Å². The highest BCUT2D eigenvalue weighted by atomic mass is 35.5. The number of hydrogen-bond donors (Lipinski definition) is 0. The highest BCUT2D eigenvalue weighted by Crippen LogP contribution is 2.22. The average Bonchev–Trinajstić information content (AvgIpc) is 2.47. The molecule has 0 aliphatic rings. The summed E-state index contributed by atoms with van der Waals surface area (Å²) in [5.41, 5.74) is 1.75. The van der Waals surface area contributed by atoms with Gasteiger partial charge in [-0.05, 0) is 54.2 Å². The average molecular weight is 311 g/mol. The zero-order valence-corrected chi connectivity index (χ0v) is 12.5. The molecule has 0 saturated heterocycles. The lowest BCUT2D eigenvalue weighted by Crippen LogP contribution is -2.10. The van der Waals surface area contributed by atoms with Crippen LogP contribution in [0.2, 0.25) is 0 Å². The molecule has 0 spiro atoms. The van der Waals surface area contributed by atoms with Crippen LogP contribution >= 0.6 is 11.6 Å². The third kappa shape index (κ3) is 4.43. The summed E-state index contributed by atoms with van der Waals surface area (Å²) >= 11 is 5.99. The number of benzene rings is 2. The molecule has 0 radical (unpaired) electrons. The Bertz CT molecular complexity index is 601. The number of rotatable bonds is 6. The standard InChI is InChI=1S/C17H17ClF2O/c1-21-17-6-5-13(10-16(17)20)8-14(11-18)7-12-3-2-4-15(19)9-12/h2-6,9-10,14H,7-8,11H2,1H3. The van der Waals surface area contributed by atoms with Crippen LogP contribution in [0.5, 0.6) is 5.75 Å². The van der Waals surface area contributed by atoms with Gasteiger partial charge in [-0.3, -0.25) is 0 Å². The molecule has 1 nitrogen and oxygen atoms in total. The number of halogens is 3. The fraction of sp³-hybridized carbons (Fsp3) is 0.294. The Balaban J connectivity index is 2.07. The number of ether oxygens (including phenoxy) is 1. The van der Waals surface area contributed by atoms with Crippen LogP contribution in [0.15, 0.2) is 42.5 Å². The predicted octanol–water partition coefficient (Wildman–Crippen LogP) is 4.61. The molecule has 0 aliphatic carbocycles. The molecule has 0 fully saturated rings. The van der Waals surface area contributed by atoms with E-state index in [4.69, 9.17) is 16.3 Å². The smallest absolute Gasteiger partial charge is 0.165 e. The van der Waals surface area contributed by atoms with E-state index < -0.39 is 0 Å². The lowest BCUT2D eigenvalue weighted by atomic mass is 9.94. The van der Waals surface area contributed by atoms with Crippen LogP contribution in [-0.2, 0) is 12.8 Å². The molecule has 4 heteroatoms. The van der Waals surface area contributed by atoms with E-state index in [1.165, 1.54) is 25.3 Å². The maximum absolute atomic E-state index is 13.7. The van der Waals surface area contributed by atoms with Crippen LogP contribution < -0.4 is 4.74 Å². The lowest BCUT2D eigenvalue weighted by Gasteiger charge is -2.15. The Labute approximate surface area is 128 Å². The normalized spacial score (nSPS) is 12.2. The van der Waals surface area contributed by atoms with E-state index in [1.54, 1.807) is 12.1 Å². The van der Waals surface area contributed by atoms with Crippen molar-refractivity contribution in [1.29, 1.82) is 0 Å². The monoisotopic (exact) mass is 310 g/mol. The van der Waals surface area contributed by atoms with E-state index >= 15 is 0 Å². The van der Waals surface area contributed by atoms with Gasteiger partial charge < -0.3 is 4.74 Å². The van der Waals surface area contributed by atoms with Crippen molar-refractivity contribution in [2.45, 2.75) is 12.8 Å². The van der Waals surface area contributed by atoms with Gasteiger partial charge in [0.2, 0.25) is 0 Å². The predicted molar refractivity (Wildman–Crippen MR) is 81.0 cm³/mol. The Morgan fingerprint density at radius 3 is 2.33 bits per heavy atom. The van der Waals surface area contributed by atoms with E-state index in [2.05, 4.69) is 0 Å². The maximum Gasteiger partial charge on any atom is 0.165 e. The molecule has 1 unspecified atom stereocenters. The van der Waals surface area contributed by atoms with Crippen molar-refractivity contribution in [3.8, 4) is 5.75 Å². The fourth-order valence-electron chi connectivity index (χ4n) is 2.35. The third-order valence-corrected chi connectivity index (χ3v) is 3.81. The van der Waals surface area contributed by atoms with Crippen molar-refractivity contribution in [3.63, 3.8) is 0 Å². The molecule has 0 saturated carbocycles. The molecule has 2 aromatic carbocycles. The zero-order chi connectivity index (χ0) is 15.2. The highest BCUT2D eigenvalue weighted by molar-refractivity contribution is 6.18. The van der Waals surface area contributed by atoms with Gasteiger partial charge in [0.1, 0.15) is 5.82 Å². The second kappa shape index (κ2) is 7.41. The summed E-state index contributed by atoms with van der Waals surface area (Å²) in [4.78, 5) is 0. The molecular weight excluding hydrogens is 294 g/mol. The molecule has 2 rings (SSSR count). The lowest BCUT2D eigenvalue weighted by molar-refractivity contribution is 0.386. The second-order valence-electron chi connectivity index (χ2n) is 5.03. The van der Waals surface area contributed by atoms with Crippen molar-refractivity contribution in [1.82, 2.24) is 0 Å². The number of alkyl halides is 1. The van der Waals surface area contributed by atoms with Gasteiger partial charge in [-0.1, -0.05) is 18.2 Å². The first-order valence-electron chi connectivity index (χ1n) is 6.75. The van der Waals surface area contributed by atoms with Crippen molar-refractivity contribution in [2.75, 3.05) is 13.0 Å². The Kier molecular flexibility index (Phi) is 5.57. The van der Waals surface area contributed by atoms with Gasteiger partial charge in [0, 0.05) is 5.88 Å². The van der Waals surface area contributed by atoms with Crippen LogP contribution in [0.4, 0.5) is 8.78 Å². The largest absolute Gasteiger partial charge is 0.494 e. The second-order valence-corrected chi connectivity index (χ2v) is 5.34. The SMILES string of the molecule is COc1ccc(CC(CCl)Cc2cccc(F)c2)cc1F. The van der Waals surface area contributed by atoms with Gasteiger partial charge in [0.25, 0.3) is 0 Å². The van der Waals surface area contributed by atoms with Crippen LogP contribution in [0.25, 0.3) is 0 Å². The number of methoxy groups -OCH3 is 1. The van der Waals surface area contributed by atoms with Gasteiger partial charge >= 0.3 is 0 Å². The quantitative estimate of drug-likeness (QED) is 0.708. The van der Waals surface area contributed by atoms with E-state index in [0.29, 0.717) is 18.7 Å². The van der Waals surface area contributed by atoms with Crippen LogP contribution in [0.1, 0.15) is 11.1 Å². The molecule has 21 heavy (non-hydrogen) atoms. The minimum Gasteiger partial charge on any atom is -0.494 e. The molecule has 1 atom stereocenters. The molecule has 0 aliphatic heterocycles. The van der Waals surface area contributed by atoms with Gasteiger partial charge in [0.15, 0.2) is 11.6 Å². The minimum absolute atomic E-state index is 0.126. The molecule has 0 N–H and O–H groups in total. The van der Waals surface area contributed by atoms with E-state index in [0.717, 1.165) is 11.1 Å². The summed E-state index contributed by atoms with van der Waals surface area (Å²) in [7, 11) is 1.43. The van der Waals surface area contributed by atoms with Gasteiger partial charge in [-0.2, -0.15) is 0 Å². The van der Waals surface area contributed by atoms with Gasteiger partial charge in [-0.25, -0.2) is 8.78 Å². The summed E-state index contributed by atoms with van der Waals surface area (Å²) < 4.78 is 31.8. The van der Waals surface area contributed by atoms with Crippen LogP contribution in [-0.4, -0.2) is 13.0 Å². The molecular formula is C17H17ClF2O. The van der Waals surface area contributed by atoms with Gasteiger partial charge in [-0.15, -0.1) is 11.6 Å². The maximum atomic E-state index is 13.7. The van der Waals surface area contributed by atoms with E-state index in [-0.39, 0.29) is 23.3 Å². The first-order chi connectivity index (χ1) is 10.1. The summed E-state index contributed by atoms with van der Waals surface area (Å²) in [6.07, 6.45) is 1.30. The van der Waals surface area contributed by atoms with Crippen molar-refractivity contribution >= 4 is 11.6 Å². The topological polar surface area (TPSA) is 9.23 Å². The molecule has 0 aromatic heterocycles. The fourth-order valence-corrected chi connectivity index (χ4v) is 2.57. The molecule has 0 amide bonds. The Morgan fingerprint density at radius 2 is 1.76 bits per heavy atom. The first-order valence-corrected chi connectivity index (χ1v) is 7.28. The Hall–Kier alpha value is -1.61. The Morgan fingerprint density at radius 1 is 1.05 bits per heavy atom. The van der Waals surface area contributed by atoms with Crippen molar-refractivity contribution in [3.05, 3.63) is 65.2 Å². The van der Waals surface area contributed by atoms with Crippen molar-refractivity contribution < 1.29 is 13.5 Å². The van der Waals surface area contributed by atoms with Gasteiger partial charge in [0.05, 0.1) is 7.11 Å². The highest BCUT2D eigenvalue weighted by Gasteiger charge is 2.12. The van der Waals surface area contributed by atoms with Crippen LogP contribution in [0, 0.1) is 17.6 Å². The molecule has 112 valence electrons. The first kappa shape index (κ1) is 15.8. The van der Waals surface area contributed by atoms with E-state index in [9.17, 15) is 8.78 Å². The summed E-state index contributed by atoms with van der Waals surface area (Å²) in [6.45, 7) is 0. The molecule has 2 aromatic rings. The summed E-state index contributed by atoms with van der Waals surface area (Å²) in [5.74, 6) is 0.155. The minimum atomic E-state index is -0.380. The molecule has 0 heterocycles. The van der Waals surface area contributed by atoms with E-state index in [1.807, 2.05) is 12.1 Å². The summed E-state index contributed by atoms with van der Waals surface area (Å²) in [5, 5.41) is 0. The summed E-state index contributed by atoms with van der Waals surface area (Å²) in [6, 6.07) is 11.4. The third-order valence-electron chi connectivity index (χ3n) is 3.37. The van der Waals surface area contributed by atoms with Crippen molar-refractivity contribution in [2.24, 2.45) is 5.92 Å². The molecule has 0 bridgehead atoms. The number of hydrogen-bond acceptors (Lipinski definition) is 1.